The fourth-order valence-electron chi connectivity index (χ4n) is 6.86. The summed E-state index contributed by atoms with van der Waals surface area (Å²) in [4.78, 5) is 16.9. The Labute approximate surface area is 265 Å². The number of para-hydroxylation sites is 1. The molecule has 2 saturated carbocycles. The number of anilines is 1. The predicted molar refractivity (Wildman–Crippen MR) is 175 cm³/mol. The summed E-state index contributed by atoms with van der Waals surface area (Å²) in [5.74, 6) is 0.166. The van der Waals surface area contributed by atoms with Crippen molar-refractivity contribution in [3.63, 3.8) is 0 Å². The third kappa shape index (κ3) is 6.11. The molecule has 1 saturated heterocycles. The van der Waals surface area contributed by atoms with E-state index in [1.54, 1.807) is 4.31 Å². The molecule has 5 nitrogen and oxygen atoms in total. The maximum absolute atomic E-state index is 14.9. The number of hydrogen-bond donors (Lipinski definition) is 0. The number of carbonyl (C=O) groups excluding carboxylic acids is 1. The van der Waals surface area contributed by atoms with Gasteiger partial charge in [-0.05, 0) is 92.0 Å². The number of sulfonamides is 1. The highest BCUT2D eigenvalue weighted by atomic mass is 35.5. The van der Waals surface area contributed by atoms with Crippen molar-refractivity contribution >= 4 is 44.8 Å². The average Bonchev–Trinajstić information content (AvgIpc) is 3.90. The molecule has 43 heavy (non-hydrogen) atoms. The molecule has 6 rings (SSSR count). The van der Waals surface area contributed by atoms with Gasteiger partial charge in [-0.25, -0.2) is 8.42 Å². The highest BCUT2D eigenvalue weighted by molar-refractivity contribution is 7.93. The Morgan fingerprint density at radius 1 is 0.953 bits per heavy atom. The van der Waals surface area contributed by atoms with Gasteiger partial charge in [0.25, 0.3) is 0 Å². The van der Waals surface area contributed by atoms with Crippen LogP contribution in [-0.2, 0) is 14.8 Å². The van der Waals surface area contributed by atoms with Crippen molar-refractivity contribution in [1.82, 2.24) is 4.90 Å². The van der Waals surface area contributed by atoms with Crippen LogP contribution >= 0.6 is 23.2 Å². The van der Waals surface area contributed by atoms with E-state index in [0.717, 1.165) is 24.0 Å². The molecule has 3 fully saturated rings. The zero-order chi connectivity index (χ0) is 30.4. The quantitative estimate of drug-likeness (QED) is 0.199. The van der Waals surface area contributed by atoms with Crippen LogP contribution in [0.2, 0.25) is 10.0 Å². The zero-order valence-corrected chi connectivity index (χ0v) is 26.7. The summed E-state index contributed by atoms with van der Waals surface area (Å²) < 4.78 is 29.5. The molecule has 1 aliphatic heterocycles. The Hall–Kier alpha value is -2.80. The normalized spacial score (nSPS) is 24.9. The van der Waals surface area contributed by atoms with E-state index >= 15 is 0 Å². The topological polar surface area (TPSA) is 57.7 Å². The van der Waals surface area contributed by atoms with Crippen LogP contribution in [0.4, 0.5) is 5.69 Å². The molecule has 3 aromatic rings. The van der Waals surface area contributed by atoms with Gasteiger partial charge in [0.15, 0.2) is 0 Å². The summed E-state index contributed by atoms with van der Waals surface area (Å²) in [6.45, 7) is 6.25. The smallest absolute Gasteiger partial charge is 0.238 e. The van der Waals surface area contributed by atoms with E-state index in [2.05, 4.69) is 17.5 Å². The Morgan fingerprint density at radius 3 is 2.26 bits per heavy atom. The maximum atomic E-state index is 14.9. The lowest BCUT2D eigenvalue weighted by Gasteiger charge is -2.53. The van der Waals surface area contributed by atoms with Crippen LogP contribution in [-0.4, -0.2) is 37.1 Å². The fourth-order valence-corrected chi connectivity index (χ4v) is 9.06. The number of piperidine rings is 1. The van der Waals surface area contributed by atoms with Crippen molar-refractivity contribution in [3.05, 3.63) is 113 Å². The first-order valence-corrected chi connectivity index (χ1v) is 17.4. The van der Waals surface area contributed by atoms with Crippen molar-refractivity contribution in [2.45, 2.75) is 68.7 Å². The van der Waals surface area contributed by atoms with Crippen molar-refractivity contribution in [1.29, 1.82) is 0 Å². The molecule has 0 aromatic heterocycles. The molecule has 0 spiro atoms. The minimum atomic E-state index is -3.59. The molecule has 1 unspecified atom stereocenters. The summed E-state index contributed by atoms with van der Waals surface area (Å²) in [6.07, 6.45) is 6.21. The number of nitrogens with zero attached hydrogens (tertiary/aromatic N) is 2. The van der Waals surface area contributed by atoms with Gasteiger partial charge in [0.1, 0.15) is 0 Å². The molecule has 8 heteroatoms. The Balaban J connectivity index is 1.51. The minimum absolute atomic E-state index is 0.0411. The number of hydrogen-bond acceptors (Lipinski definition) is 3. The van der Waals surface area contributed by atoms with Gasteiger partial charge in [-0.2, -0.15) is 0 Å². The second-order valence-electron chi connectivity index (χ2n) is 12.6. The molecule has 3 aliphatic rings. The first-order chi connectivity index (χ1) is 20.6. The molecule has 226 valence electrons. The zero-order valence-electron chi connectivity index (χ0n) is 24.4. The molecule has 0 N–H and O–H groups in total. The van der Waals surface area contributed by atoms with Gasteiger partial charge in [-0.3, -0.25) is 9.10 Å². The molecule has 0 radical (unpaired) electrons. The fraction of sp³-hybridized carbons (Fsp3) is 0.400. The van der Waals surface area contributed by atoms with Crippen LogP contribution < -0.4 is 4.31 Å². The van der Waals surface area contributed by atoms with Gasteiger partial charge in [0, 0.05) is 16.0 Å². The Morgan fingerprint density at radius 2 is 1.65 bits per heavy atom. The molecule has 4 atom stereocenters. The first kappa shape index (κ1) is 30.2. The van der Waals surface area contributed by atoms with Crippen molar-refractivity contribution in [2.75, 3.05) is 10.8 Å². The third-order valence-electron chi connectivity index (χ3n) is 9.36. The van der Waals surface area contributed by atoms with E-state index in [4.69, 9.17) is 23.2 Å². The number of amides is 1. The van der Waals surface area contributed by atoms with Gasteiger partial charge in [0.2, 0.25) is 15.9 Å². The number of rotatable bonds is 11. The molecule has 1 heterocycles. The maximum Gasteiger partial charge on any atom is 0.238 e. The lowest BCUT2D eigenvalue weighted by Crippen LogP contribution is -2.59. The van der Waals surface area contributed by atoms with E-state index < -0.39 is 15.4 Å². The number of benzene rings is 3. The van der Waals surface area contributed by atoms with Crippen LogP contribution in [0.5, 0.6) is 0 Å². The summed E-state index contributed by atoms with van der Waals surface area (Å²) in [7, 11) is -3.59. The molecular weight excluding hydrogens is 599 g/mol. The number of carbonyl (C=O) groups is 1. The van der Waals surface area contributed by atoms with E-state index in [1.165, 1.54) is 0 Å². The predicted octanol–water partition coefficient (Wildman–Crippen LogP) is 8.41. The van der Waals surface area contributed by atoms with Crippen LogP contribution in [0.25, 0.3) is 0 Å². The molecule has 3 aromatic carbocycles. The van der Waals surface area contributed by atoms with Crippen molar-refractivity contribution in [3.8, 4) is 0 Å². The second-order valence-corrected chi connectivity index (χ2v) is 15.7. The van der Waals surface area contributed by atoms with Gasteiger partial charge in [-0.1, -0.05) is 78.7 Å². The first-order valence-electron chi connectivity index (χ1n) is 15.1. The number of allylic oxidation sites excluding steroid dienone is 1. The summed E-state index contributed by atoms with van der Waals surface area (Å²) in [6, 6.07) is 24.4. The SMILES string of the molecule is C=CC[C@@]1(C)CC(c2cccc(Cl)c2)[C@@H](c2ccc(Cl)cc2)N([C@H](CN(c2ccccc2)S(=O)(=O)C2CC2)C2CC2)C1=O. The van der Waals surface area contributed by atoms with Crippen molar-refractivity contribution < 1.29 is 13.2 Å². The van der Waals surface area contributed by atoms with Crippen molar-refractivity contribution in [2.24, 2.45) is 11.3 Å². The average molecular weight is 638 g/mol. The largest absolute Gasteiger partial charge is 0.329 e. The minimum Gasteiger partial charge on any atom is -0.329 e. The number of halogens is 2. The molecule has 2 aliphatic carbocycles. The highest BCUT2D eigenvalue weighted by Crippen LogP contribution is 2.54. The number of likely N-dealkylation sites (tertiary alicyclic amines) is 1. The highest BCUT2D eigenvalue weighted by Gasteiger charge is 2.54. The molecule has 0 bridgehead atoms. The van der Waals surface area contributed by atoms with Crippen LogP contribution in [0.3, 0.4) is 0 Å². The molecule has 1 amide bonds. The van der Waals surface area contributed by atoms with E-state index in [-0.39, 0.29) is 41.6 Å². The van der Waals surface area contributed by atoms with E-state index in [0.29, 0.717) is 41.4 Å². The van der Waals surface area contributed by atoms with E-state index in [9.17, 15) is 13.2 Å². The monoisotopic (exact) mass is 636 g/mol. The Kier molecular flexibility index (Phi) is 8.40. The third-order valence-corrected chi connectivity index (χ3v) is 12.1. The van der Waals surface area contributed by atoms with Gasteiger partial charge < -0.3 is 4.90 Å². The van der Waals surface area contributed by atoms with E-state index in [1.807, 2.05) is 85.8 Å². The summed E-state index contributed by atoms with van der Waals surface area (Å²) in [5.41, 5.74) is 1.97. The van der Waals surface area contributed by atoms with Gasteiger partial charge >= 0.3 is 0 Å². The summed E-state index contributed by atoms with van der Waals surface area (Å²) in [5, 5.41) is 0.894. The lowest BCUT2D eigenvalue weighted by atomic mass is 9.67. The van der Waals surface area contributed by atoms with Crippen LogP contribution in [0, 0.1) is 11.3 Å². The van der Waals surface area contributed by atoms with Gasteiger partial charge in [-0.15, -0.1) is 6.58 Å². The summed E-state index contributed by atoms with van der Waals surface area (Å²) >= 11 is 12.9. The Bertz CT molecular complexity index is 1590. The van der Waals surface area contributed by atoms with Gasteiger partial charge in [0.05, 0.1) is 35.0 Å². The van der Waals surface area contributed by atoms with Crippen LogP contribution in [0.15, 0.2) is 91.5 Å². The standard InChI is InChI=1S/C35H38Cl2N2O3S/c1-3-20-35(2)22-31(26-8-7-9-28(37)21-26)33(25-14-16-27(36)17-15-25)39(34(35)40)32(24-12-13-24)23-38(29-10-5-4-6-11-29)43(41,42)30-18-19-30/h3-11,14-17,21,24,30-33H,1,12-13,18-20,22-23H2,2H3/t31?,32-,33-,35+/m1/s1. The lowest BCUT2D eigenvalue weighted by molar-refractivity contribution is -0.154. The second kappa shape index (κ2) is 11.9. The molecular formula is C35H38Cl2N2O3S. The van der Waals surface area contributed by atoms with Crippen LogP contribution in [0.1, 0.15) is 68.5 Å².